The Balaban J connectivity index is 1.53. The van der Waals surface area contributed by atoms with Crippen LogP contribution in [0.3, 0.4) is 0 Å². The van der Waals surface area contributed by atoms with Gasteiger partial charge >= 0.3 is 0 Å². The van der Waals surface area contributed by atoms with Crippen LogP contribution >= 0.6 is 0 Å². The monoisotopic (exact) mass is 401 g/mol. The molecule has 1 unspecified atom stereocenters. The Morgan fingerprint density at radius 1 is 1.25 bits per heavy atom. The van der Waals surface area contributed by atoms with Crippen molar-refractivity contribution in [2.45, 2.75) is 26.3 Å². The Kier molecular flexibility index (Phi) is 4.50. The second kappa shape index (κ2) is 6.86. The van der Waals surface area contributed by atoms with Gasteiger partial charge < -0.3 is 9.84 Å². The number of nitrogens with zero attached hydrogens (tertiary/aromatic N) is 4. The summed E-state index contributed by atoms with van der Waals surface area (Å²) in [5.41, 5.74) is 1.88. The highest BCUT2D eigenvalue weighted by molar-refractivity contribution is 7.91. The fourth-order valence-electron chi connectivity index (χ4n) is 3.22. The van der Waals surface area contributed by atoms with Crippen molar-refractivity contribution in [1.29, 1.82) is 0 Å². The van der Waals surface area contributed by atoms with E-state index in [4.69, 9.17) is 4.52 Å². The number of hydrogen-bond donors (Lipinski definition) is 1. The molecule has 0 saturated carbocycles. The van der Waals surface area contributed by atoms with Gasteiger partial charge in [-0.25, -0.2) is 13.1 Å². The lowest BCUT2D eigenvalue weighted by Gasteiger charge is -2.13. The minimum atomic E-state index is -3.05. The van der Waals surface area contributed by atoms with Crippen LogP contribution in [0.25, 0.3) is 11.5 Å². The number of rotatable bonds is 4. The maximum Gasteiger partial charge on any atom is 0.257 e. The first-order valence-electron chi connectivity index (χ1n) is 8.79. The van der Waals surface area contributed by atoms with Crippen LogP contribution in [0.2, 0.25) is 0 Å². The Morgan fingerprint density at radius 2 is 2.00 bits per heavy atom. The summed E-state index contributed by atoms with van der Waals surface area (Å²) < 4.78 is 30.3. The maximum absolute atomic E-state index is 12.6. The van der Waals surface area contributed by atoms with Gasteiger partial charge in [-0.05, 0) is 44.5 Å². The van der Waals surface area contributed by atoms with Crippen molar-refractivity contribution in [1.82, 2.24) is 19.9 Å². The van der Waals surface area contributed by atoms with Crippen molar-refractivity contribution in [3.05, 3.63) is 47.4 Å². The van der Waals surface area contributed by atoms with Crippen molar-refractivity contribution in [3.63, 3.8) is 0 Å². The molecule has 1 saturated heterocycles. The van der Waals surface area contributed by atoms with E-state index in [1.807, 2.05) is 0 Å². The minimum absolute atomic E-state index is 0.0370. The molecule has 10 heteroatoms. The molecule has 1 fully saturated rings. The molecule has 0 bridgehead atoms. The van der Waals surface area contributed by atoms with Crippen LogP contribution in [0.4, 0.5) is 5.82 Å². The van der Waals surface area contributed by atoms with E-state index < -0.39 is 9.84 Å². The van der Waals surface area contributed by atoms with E-state index in [2.05, 4.69) is 20.6 Å². The third kappa shape index (κ3) is 3.68. The fraction of sp³-hybridized carbons (Fsp3) is 0.333. The second-order valence-corrected chi connectivity index (χ2v) is 9.08. The number of amides is 1. The molecule has 9 nitrogen and oxygen atoms in total. The number of nitrogens with one attached hydrogen (secondary N) is 1. The topological polar surface area (TPSA) is 120 Å². The SMILES string of the molecule is Cc1cc(NC(=O)c2ccc(-c3nc(C)no3)cc2)n(C2CCS(=O)(=O)C2)n1. The number of hydrogen-bond acceptors (Lipinski definition) is 7. The molecule has 146 valence electrons. The van der Waals surface area contributed by atoms with Gasteiger partial charge in [-0.2, -0.15) is 10.1 Å². The molecule has 2 aromatic heterocycles. The lowest BCUT2D eigenvalue weighted by Crippen LogP contribution is -2.19. The highest BCUT2D eigenvalue weighted by atomic mass is 32.2. The molecule has 3 aromatic rings. The van der Waals surface area contributed by atoms with Gasteiger partial charge in [0.05, 0.1) is 23.2 Å². The molecule has 1 amide bonds. The molecular formula is C18H19N5O4S. The summed E-state index contributed by atoms with van der Waals surface area (Å²) in [6.45, 7) is 3.53. The van der Waals surface area contributed by atoms with E-state index in [0.717, 1.165) is 0 Å². The van der Waals surface area contributed by atoms with Crippen LogP contribution in [0, 0.1) is 13.8 Å². The van der Waals surface area contributed by atoms with Crippen molar-refractivity contribution in [2.75, 3.05) is 16.8 Å². The zero-order chi connectivity index (χ0) is 19.9. The van der Waals surface area contributed by atoms with Crippen molar-refractivity contribution < 1.29 is 17.7 Å². The van der Waals surface area contributed by atoms with E-state index in [0.29, 0.717) is 40.8 Å². The van der Waals surface area contributed by atoms with Gasteiger partial charge in [0.1, 0.15) is 5.82 Å². The molecule has 1 N–H and O–H groups in total. The summed E-state index contributed by atoms with van der Waals surface area (Å²) >= 11 is 0. The Bertz CT molecular complexity index is 1130. The molecule has 1 atom stereocenters. The molecule has 0 radical (unpaired) electrons. The highest BCUT2D eigenvalue weighted by Gasteiger charge is 2.31. The molecule has 1 aromatic carbocycles. The predicted octanol–water partition coefficient (Wildman–Crippen LogP) is 2.16. The predicted molar refractivity (Wildman–Crippen MR) is 102 cm³/mol. The van der Waals surface area contributed by atoms with E-state index >= 15 is 0 Å². The van der Waals surface area contributed by atoms with E-state index in [1.54, 1.807) is 48.9 Å². The summed E-state index contributed by atoms with van der Waals surface area (Å²) in [4.78, 5) is 16.8. The quantitative estimate of drug-likeness (QED) is 0.711. The minimum Gasteiger partial charge on any atom is -0.334 e. The number of sulfone groups is 1. The van der Waals surface area contributed by atoms with Crippen LogP contribution < -0.4 is 5.32 Å². The van der Waals surface area contributed by atoms with E-state index in [9.17, 15) is 13.2 Å². The number of anilines is 1. The Hall–Kier alpha value is -3.01. The summed E-state index contributed by atoms with van der Waals surface area (Å²) in [5, 5.41) is 10.9. The first-order chi connectivity index (χ1) is 13.3. The average Bonchev–Trinajstić information content (AvgIpc) is 3.34. The number of benzene rings is 1. The lowest BCUT2D eigenvalue weighted by atomic mass is 10.1. The number of aromatic nitrogens is 4. The lowest BCUT2D eigenvalue weighted by molar-refractivity contribution is 0.102. The zero-order valence-corrected chi connectivity index (χ0v) is 16.2. The molecule has 4 rings (SSSR count). The summed E-state index contributed by atoms with van der Waals surface area (Å²) in [6.07, 6.45) is 0.491. The van der Waals surface area contributed by atoms with Crippen LogP contribution in [0.5, 0.6) is 0 Å². The summed E-state index contributed by atoms with van der Waals surface area (Å²) in [7, 11) is -3.05. The van der Waals surface area contributed by atoms with Gasteiger partial charge in [0.25, 0.3) is 11.8 Å². The van der Waals surface area contributed by atoms with Gasteiger partial charge in [0.15, 0.2) is 15.7 Å². The number of aryl methyl sites for hydroxylation is 2. The standard InChI is InChI=1S/C18H19N5O4S/c1-11-9-16(23(21-11)15-7-8-28(25,26)10-15)20-17(24)13-3-5-14(6-4-13)18-19-12(2)22-27-18/h3-6,9,15H,7-8,10H2,1-2H3,(H,20,24). The number of carbonyl (C=O) groups is 1. The van der Waals surface area contributed by atoms with Crippen molar-refractivity contribution >= 4 is 21.6 Å². The van der Waals surface area contributed by atoms with Gasteiger partial charge in [-0.15, -0.1) is 0 Å². The molecule has 0 aliphatic carbocycles. The maximum atomic E-state index is 12.6. The average molecular weight is 401 g/mol. The first kappa shape index (κ1) is 18.4. The normalized spacial score (nSPS) is 18.3. The molecule has 0 spiro atoms. The zero-order valence-electron chi connectivity index (χ0n) is 15.4. The largest absolute Gasteiger partial charge is 0.334 e. The van der Waals surface area contributed by atoms with Crippen LogP contribution in [0.1, 0.15) is 34.3 Å². The molecule has 1 aliphatic heterocycles. The third-order valence-electron chi connectivity index (χ3n) is 4.58. The Morgan fingerprint density at radius 3 is 2.61 bits per heavy atom. The first-order valence-corrected chi connectivity index (χ1v) is 10.6. The Labute approximate surface area is 161 Å². The van der Waals surface area contributed by atoms with E-state index in [1.165, 1.54) is 0 Å². The third-order valence-corrected chi connectivity index (χ3v) is 6.33. The van der Waals surface area contributed by atoms with E-state index in [-0.39, 0.29) is 23.5 Å². The molecular weight excluding hydrogens is 382 g/mol. The molecule has 1 aliphatic rings. The second-order valence-electron chi connectivity index (χ2n) is 6.85. The highest BCUT2D eigenvalue weighted by Crippen LogP contribution is 2.27. The van der Waals surface area contributed by atoms with Gasteiger partial charge in [-0.1, -0.05) is 5.16 Å². The summed E-state index contributed by atoms with van der Waals surface area (Å²) in [5.74, 6) is 1.28. The van der Waals surface area contributed by atoms with Crippen LogP contribution in [0.15, 0.2) is 34.9 Å². The van der Waals surface area contributed by atoms with Crippen LogP contribution in [-0.2, 0) is 9.84 Å². The molecule has 3 heterocycles. The van der Waals surface area contributed by atoms with Gasteiger partial charge in [0, 0.05) is 17.2 Å². The van der Waals surface area contributed by atoms with Gasteiger partial charge in [0.2, 0.25) is 0 Å². The van der Waals surface area contributed by atoms with Crippen LogP contribution in [-0.4, -0.2) is 45.8 Å². The smallest absolute Gasteiger partial charge is 0.257 e. The summed E-state index contributed by atoms with van der Waals surface area (Å²) in [6, 6.07) is 8.26. The van der Waals surface area contributed by atoms with Crippen molar-refractivity contribution in [3.8, 4) is 11.5 Å². The number of carbonyl (C=O) groups excluding carboxylic acids is 1. The van der Waals surface area contributed by atoms with Gasteiger partial charge in [-0.3, -0.25) is 4.79 Å². The van der Waals surface area contributed by atoms with Crippen molar-refractivity contribution in [2.24, 2.45) is 0 Å². The molecule has 28 heavy (non-hydrogen) atoms. The fourth-order valence-corrected chi connectivity index (χ4v) is 4.92.